The zero-order valence-corrected chi connectivity index (χ0v) is 11.9. The van der Waals surface area contributed by atoms with E-state index < -0.39 is 22.0 Å². The van der Waals surface area contributed by atoms with Crippen molar-refractivity contribution in [2.45, 2.75) is 23.8 Å². The van der Waals surface area contributed by atoms with E-state index in [1.165, 1.54) is 12.1 Å². The summed E-state index contributed by atoms with van der Waals surface area (Å²) < 4.78 is 25.8. The molecule has 1 aliphatic rings. The van der Waals surface area contributed by atoms with Crippen LogP contribution in [0.25, 0.3) is 0 Å². The number of rotatable bonds is 3. The van der Waals surface area contributed by atoms with Gasteiger partial charge in [0.2, 0.25) is 10.0 Å². The van der Waals surface area contributed by atoms with Gasteiger partial charge >= 0.3 is 5.97 Å². The molecule has 20 heavy (non-hydrogen) atoms. The fourth-order valence-electron chi connectivity index (χ4n) is 2.16. The van der Waals surface area contributed by atoms with Gasteiger partial charge in [0.1, 0.15) is 12.1 Å². The summed E-state index contributed by atoms with van der Waals surface area (Å²) in [5.41, 5.74) is 0.0406. The van der Waals surface area contributed by atoms with Gasteiger partial charge < -0.3 is 5.11 Å². The van der Waals surface area contributed by atoms with Crippen molar-refractivity contribution in [3.8, 4) is 6.07 Å². The molecule has 1 aromatic carbocycles. The van der Waals surface area contributed by atoms with E-state index in [1.807, 2.05) is 0 Å². The minimum atomic E-state index is -3.94. The molecule has 1 N–H and O–H groups in total. The van der Waals surface area contributed by atoms with Crippen molar-refractivity contribution in [1.82, 2.24) is 4.31 Å². The molecular weight excluding hydrogens is 304 g/mol. The topological polar surface area (TPSA) is 98.5 Å². The standard InChI is InChI=1S/C12H11ClN2O4S/c13-10-4-3-9(6-8(10)7-14)20(18,19)15-5-1-2-11(15)12(16)17/h3-4,6,11H,1-2,5H2,(H,16,17)/t11-/m1/s1. The van der Waals surface area contributed by atoms with E-state index in [0.717, 1.165) is 10.4 Å². The molecule has 1 saturated heterocycles. The lowest BCUT2D eigenvalue weighted by Gasteiger charge is -2.21. The molecule has 0 radical (unpaired) electrons. The molecular formula is C12H11ClN2O4S. The van der Waals surface area contributed by atoms with E-state index in [9.17, 15) is 13.2 Å². The Kier molecular flexibility index (Phi) is 3.99. The lowest BCUT2D eigenvalue weighted by Crippen LogP contribution is -2.40. The summed E-state index contributed by atoms with van der Waals surface area (Å²) in [4.78, 5) is 11.0. The first-order valence-electron chi connectivity index (χ1n) is 5.82. The van der Waals surface area contributed by atoms with E-state index in [1.54, 1.807) is 6.07 Å². The van der Waals surface area contributed by atoms with Gasteiger partial charge in [-0.25, -0.2) is 8.42 Å². The highest BCUT2D eigenvalue weighted by Gasteiger charge is 2.39. The third-order valence-electron chi connectivity index (χ3n) is 3.15. The molecule has 0 unspecified atom stereocenters. The summed E-state index contributed by atoms with van der Waals surface area (Å²) in [6.07, 6.45) is 0.780. The SMILES string of the molecule is N#Cc1cc(S(=O)(=O)N2CCC[C@@H]2C(=O)O)ccc1Cl. The molecule has 0 bridgehead atoms. The Hall–Kier alpha value is -1.62. The Balaban J connectivity index is 2.46. The maximum atomic E-state index is 12.4. The fourth-order valence-corrected chi connectivity index (χ4v) is 4.00. The second kappa shape index (κ2) is 5.40. The Bertz CT molecular complexity index is 696. The van der Waals surface area contributed by atoms with Gasteiger partial charge in [-0.2, -0.15) is 9.57 Å². The molecule has 1 fully saturated rings. The molecule has 0 aliphatic carbocycles. The van der Waals surface area contributed by atoms with Gasteiger partial charge in [-0.15, -0.1) is 0 Å². The minimum Gasteiger partial charge on any atom is -0.480 e. The summed E-state index contributed by atoms with van der Waals surface area (Å²) in [5, 5.41) is 18.1. The van der Waals surface area contributed by atoms with E-state index in [-0.39, 0.29) is 28.4 Å². The second-order valence-corrected chi connectivity index (χ2v) is 6.66. The van der Waals surface area contributed by atoms with Crippen molar-refractivity contribution < 1.29 is 18.3 Å². The Labute approximate surface area is 121 Å². The third kappa shape index (κ3) is 2.50. The van der Waals surface area contributed by atoms with Crippen LogP contribution in [0.2, 0.25) is 5.02 Å². The predicted molar refractivity (Wildman–Crippen MR) is 70.7 cm³/mol. The molecule has 0 aromatic heterocycles. The average molecular weight is 315 g/mol. The second-order valence-electron chi connectivity index (χ2n) is 4.37. The summed E-state index contributed by atoms with van der Waals surface area (Å²) in [5.74, 6) is -1.17. The molecule has 1 aromatic rings. The average Bonchev–Trinajstić information content (AvgIpc) is 2.89. The zero-order chi connectivity index (χ0) is 14.9. The molecule has 106 valence electrons. The third-order valence-corrected chi connectivity index (χ3v) is 5.39. The first kappa shape index (κ1) is 14.8. The number of carbonyl (C=O) groups is 1. The van der Waals surface area contributed by atoms with Crippen molar-refractivity contribution in [3.05, 3.63) is 28.8 Å². The predicted octanol–water partition coefficient (Wildman–Crippen LogP) is 1.45. The maximum Gasteiger partial charge on any atom is 0.322 e. The Morgan fingerprint density at radius 3 is 2.80 bits per heavy atom. The van der Waals surface area contributed by atoms with E-state index in [0.29, 0.717) is 6.42 Å². The van der Waals surface area contributed by atoms with Crippen LogP contribution < -0.4 is 0 Å². The number of carboxylic acid groups (broad SMARTS) is 1. The van der Waals surface area contributed by atoms with Crippen LogP contribution in [0.5, 0.6) is 0 Å². The van der Waals surface area contributed by atoms with Gasteiger partial charge in [-0.3, -0.25) is 4.79 Å². The fraction of sp³-hybridized carbons (Fsp3) is 0.333. The number of benzene rings is 1. The van der Waals surface area contributed by atoms with Crippen molar-refractivity contribution >= 4 is 27.6 Å². The van der Waals surface area contributed by atoms with E-state index in [2.05, 4.69) is 0 Å². The Morgan fingerprint density at radius 1 is 1.50 bits per heavy atom. The lowest BCUT2D eigenvalue weighted by atomic mass is 10.2. The van der Waals surface area contributed by atoms with Crippen LogP contribution in [-0.4, -0.2) is 36.4 Å². The van der Waals surface area contributed by atoms with Gasteiger partial charge in [0.15, 0.2) is 0 Å². The number of hydrogen-bond acceptors (Lipinski definition) is 4. The van der Waals surface area contributed by atoms with Crippen LogP contribution >= 0.6 is 11.6 Å². The van der Waals surface area contributed by atoms with Crippen LogP contribution in [0.4, 0.5) is 0 Å². The summed E-state index contributed by atoms with van der Waals surface area (Å²) in [7, 11) is -3.94. The highest BCUT2D eigenvalue weighted by molar-refractivity contribution is 7.89. The maximum absolute atomic E-state index is 12.4. The highest BCUT2D eigenvalue weighted by atomic mass is 35.5. The first-order chi connectivity index (χ1) is 9.37. The molecule has 1 heterocycles. The number of hydrogen-bond donors (Lipinski definition) is 1. The molecule has 6 nitrogen and oxygen atoms in total. The number of aliphatic carboxylic acids is 1. The van der Waals surface area contributed by atoms with Crippen LogP contribution in [0.1, 0.15) is 18.4 Å². The molecule has 8 heteroatoms. The van der Waals surface area contributed by atoms with Gasteiger partial charge in [0, 0.05) is 6.54 Å². The van der Waals surface area contributed by atoms with Crippen molar-refractivity contribution in [1.29, 1.82) is 5.26 Å². The quantitative estimate of drug-likeness (QED) is 0.910. The van der Waals surface area contributed by atoms with Crippen LogP contribution in [0.3, 0.4) is 0 Å². The molecule has 0 spiro atoms. The lowest BCUT2D eigenvalue weighted by molar-refractivity contribution is -0.140. The molecule has 0 amide bonds. The van der Waals surface area contributed by atoms with Crippen molar-refractivity contribution in [3.63, 3.8) is 0 Å². The van der Waals surface area contributed by atoms with Gasteiger partial charge in [0.25, 0.3) is 0 Å². The molecule has 1 atom stereocenters. The smallest absolute Gasteiger partial charge is 0.322 e. The summed E-state index contributed by atoms with van der Waals surface area (Å²) in [6.45, 7) is 0.157. The number of nitriles is 1. The normalized spacial score (nSPS) is 19.7. The highest BCUT2D eigenvalue weighted by Crippen LogP contribution is 2.28. The van der Waals surface area contributed by atoms with Gasteiger partial charge in [-0.05, 0) is 31.0 Å². The number of sulfonamides is 1. The van der Waals surface area contributed by atoms with E-state index >= 15 is 0 Å². The van der Waals surface area contributed by atoms with Crippen LogP contribution in [-0.2, 0) is 14.8 Å². The van der Waals surface area contributed by atoms with Crippen LogP contribution in [0.15, 0.2) is 23.1 Å². The van der Waals surface area contributed by atoms with E-state index in [4.69, 9.17) is 22.0 Å². The largest absolute Gasteiger partial charge is 0.480 e. The minimum absolute atomic E-state index is 0.0406. The van der Waals surface area contributed by atoms with Crippen molar-refractivity contribution in [2.24, 2.45) is 0 Å². The summed E-state index contributed by atoms with van der Waals surface area (Å²) in [6, 6.07) is 4.50. The van der Waals surface area contributed by atoms with Crippen molar-refractivity contribution in [2.75, 3.05) is 6.54 Å². The van der Waals surface area contributed by atoms with Gasteiger partial charge in [-0.1, -0.05) is 11.6 Å². The van der Waals surface area contributed by atoms with Crippen LogP contribution in [0, 0.1) is 11.3 Å². The number of halogens is 1. The summed E-state index contributed by atoms with van der Waals surface area (Å²) >= 11 is 5.76. The number of nitrogens with zero attached hydrogens (tertiary/aromatic N) is 2. The Morgan fingerprint density at radius 2 is 2.20 bits per heavy atom. The number of carboxylic acids is 1. The monoisotopic (exact) mass is 314 g/mol. The molecule has 2 rings (SSSR count). The first-order valence-corrected chi connectivity index (χ1v) is 7.64. The molecule has 1 aliphatic heterocycles. The molecule has 0 saturated carbocycles. The van der Waals surface area contributed by atoms with Gasteiger partial charge in [0.05, 0.1) is 15.5 Å². The zero-order valence-electron chi connectivity index (χ0n) is 10.3.